The van der Waals surface area contributed by atoms with E-state index < -0.39 is 0 Å². The highest BCUT2D eigenvalue weighted by atomic mass is 79.9. The summed E-state index contributed by atoms with van der Waals surface area (Å²) in [5.74, 6) is 0.911. The van der Waals surface area contributed by atoms with Crippen LogP contribution in [0.4, 0.5) is 0 Å². The molecule has 2 aromatic carbocycles. The fourth-order valence-electron chi connectivity index (χ4n) is 2.53. The maximum absolute atomic E-state index is 6.29. The van der Waals surface area contributed by atoms with Gasteiger partial charge in [0.1, 0.15) is 11.9 Å². The summed E-state index contributed by atoms with van der Waals surface area (Å²) in [5.41, 5.74) is 9.79. The van der Waals surface area contributed by atoms with Crippen molar-refractivity contribution in [3.05, 3.63) is 63.6 Å². The van der Waals surface area contributed by atoms with Crippen molar-refractivity contribution < 1.29 is 4.74 Å². The molecule has 0 spiro atoms. The SMILES string of the molecule is Cc1ccc2c(c1)C(N)CC(c1cccc(Br)c1)O2. The predicted octanol–water partition coefficient (Wildman–Crippen LogP) is 4.28. The molecule has 0 amide bonds. The smallest absolute Gasteiger partial charge is 0.126 e. The zero-order valence-electron chi connectivity index (χ0n) is 10.8. The topological polar surface area (TPSA) is 35.2 Å². The van der Waals surface area contributed by atoms with E-state index in [0.29, 0.717) is 0 Å². The van der Waals surface area contributed by atoms with Crippen LogP contribution in [0, 0.1) is 6.92 Å². The van der Waals surface area contributed by atoms with Crippen LogP contribution in [0.3, 0.4) is 0 Å². The molecule has 2 unspecified atom stereocenters. The third-order valence-corrected chi connectivity index (χ3v) is 4.02. The van der Waals surface area contributed by atoms with Crippen LogP contribution >= 0.6 is 15.9 Å². The molecule has 0 aliphatic carbocycles. The Balaban J connectivity index is 1.95. The minimum absolute atomic E-state index is 0.0303. The molecule has 2 atom stereocenters. The van der Waals surface area contributed by atoms with Crippen molar-refractivity contribution in [2.75, 3.05) is 0 Å². The van der Waals surface area contributed by atoms with Crippen molar-refractivity contribution in [3.63, 3.8) is 0 Å². The largest absolute Gasteiger partial charge is 0.485 e. The van der Waals surface area contributed by atoms with Crippen molar-refractivity contribution in [2.24, 2.45) is 5.73 Å². The van der Waals surface area contributed by atoms with E-state index in [4.69, 9.17) is 10.5 Å². The van der Waals surface area contributed by atoms with Gasteiger partial charge in [0, 0.05) is 22.5 Å². The summed E-state index contributed by atoms with van der Waals surface area (Å²) in [4.78, 5) is 0. The number of fused-ring (bicyclic) bond motifs is 1. The number of hydrogen-bond acceptors (Lipinski definition) is 2. The van der Waals surface area contributed by atoms with Crippen molar-refractivity contribution in [2.45, 2.75) is 25.5 Å². The number of halogens is 1. The Kier molecular flexibility index (Phi) is 3.33. The molecule has 2 aromatic rings. The molecule has 0 fully saturated rings. The number of nitrogens with two attached hydrogens (primary N) is 1. The van der Waals surface area contributed by atoms with Crippen LogP contribution in [0.1, 0.15) is 35.3 Å². The Bertz CT molecular complexity index is 611. The van der Waals surface area contributed by atoms with E-state index in [1.54, 1.807) is 0 Å². The summed E-state index contributed by atoms with van der Waals surface area (Å²) in [5, 5.41) is 0. The maximum Gasteiger partial charge on any atom is 0.126 e. The minimum atomic E-state index is 0.0303. The summed E-state index contributed by atoms with van der Waals surface area (Å²) in [6.45, 7) is 2.08. The van der Waals surface area contributed by atoms with Gasteiger partial charge in [-0.1, -0.05) is 45.8 Å². The fourth-order valence-corrected chi connectivity index (χ4v) is 2.95. The van der Waals surface area contributed by atoms with Crippen LogP contribution in [0.2, 0.25) is 0 Å². The molecule has 0 radical (unpaired) electrons. The summed E-state index contributed by atoms with van der Waals surface area (Å²) in [6.07, 6.45) is 0.843. The molecular weight excluding hydrogens is 302 g/mol. The predicted molar refractivity (Wildman–Crippen MR) is 80.2 cm³/mol. The van der Waals surface area contributed by atoms with E-state index in [0.717, 1.165) is 27.8 Å². The molecule has 2 N–H and O–H groups in total. The number of rotatable bonds is 1. The normalized spacial score (nSPS) is 21.6. The second-order valence-corrected chi connectivity index (χ2v) is 5.96. The lowest BCUT2D eigenvalue weighted by atomic mass is 9.93. The Morgan fingerprint density at radius 2 is 2.05 bits per heavy atom. The molecule has 3 heteroatoms. The Morgan fingerprint density at radius 3 is 2.84 bits per heavy atom. The lowest BCUT2D eigenvalue weighted by molar-refractivity contribution is 0.161. The average molecular weight is 318 g/mol. The van der Waals surface area contributed by atoms with Crippen LogP contribution in [0.5, 0.6) is 5.75 Å². The highest BCUT2D eigenvalue weighted by Crippen LogP contribution is 2.40. The summed E-state index contributed by atoms with van der Waals surface area (Å²) in [6, 6.07) is 14.5. The molecule has 3 rings (SSSR count). The van der Waals surface area contributed by atoms with E-state index in [1.807, 2.05) is 18.2 Å². The summed E-state index contributed by atoms with van der Waals surface area (Å²) in [7, 11) is 0. The molecule has 2 nitrogen and oxygen atoms in total. The standard InChI is InChI=1S/C16H16BrNO/c1-10-5-6-15-13(7-10)14(18)9-16(19-15)11-3-2-4-12(17)8-11/h2-8,14,16H,9,18H2,1H3. The Labute approximate surface area is 121 Å². The van der Waals surface area contributed by atoms with Crippen LogP contribution < -0.4 is 10.5 Å². The van der Waals surface area contributed by atoms with E-state index >= 15 is 0 Å². The van der Waals surface area contributed by atoms with E-state index in [2.05, 4.69) is 47.1 Å². The molecule has 0 saturated carbocycles. The van der Waals surface area contributed by atoms with E-state index in [9.17, 15) is 0 Å². The molecule has 19 heavy (non-hydrogen) atoms. The van der Waals surface area contributed by atoms with Gasteiger partial charge >= 0.3 is 0 Å². The van der Waals surface area contributed by atoms with Crippen LogP contribution in [0.25, 0.3) is 0 Å². The highest BCUT2D eigenvalue weighted by molar-refractivity contribution is 9.10. The summed E-state index contributed by atoms with van der Waals surface area (Å²) < 4.78 is 7.16. The second kappa shape index (κ2) is 4.99. The fraction of sp³-hybridized carbons (Fsp3) is 0.250. The van der Waals surface area contributed by atoms with Crippen LogP contribution in [0.15, 0.2) is 46.9 Å². The maximum atomic E-state index is 6.29. The monoisotopic (exact) mass is 317 g/mol. The average Bonchev–Trinajstić information content (AvgIpc) is 2.39. The molecule has 98 valence electrons. The molecule has 0 bridgehead atoms. The first-order valence-corrected chi connectivity index (χ1v) is 7.21. The quantitative estimate of drug-likeness (QED) is 0.852. The van der Waals surface area contributed by atoms with Crippen molar-refractivity contribution in [1.29, 1.82) is 0 Å². The van der Waals surface area contributed by atoms with Crippen molar-refractivity contribution >= 4 is 15.9 Å². The van der Waals surface area contributed by atoms with Gasteiger partial charge in [0.15, 0.2) is 0 Å². The third-order valence-electron chi connectivity index (χ3n) is 3.52. The van der Waals surface area contributed by atoms with Gasteiger partial charge in [-0.15, -0.1) is 0 Å². The molecular formula is C16H16BrNO. The zero-order valence-corrected chi connectivity index (χ0v) is 12.4. The Morgan fingerprint density at radius 1 is 1.21 bits per heavy atom. The summed E-state index contributed by atoms with van der Waals surface area (Å²) >= 11 is 3.50. The van der Waals surface area contributed by atoms with Gasteiger partial charge < -0.3 is 10.5 Å². The number of aryl methyl sites for hydroxylation is 1. The van der Waals surface area contributed by atoms with Gasteiger partial charge in [0.05, 0.1) is 0 Å². The lowest BCUT2D eigenvalue weighted by Crippen LogP contribution is -2.24. The molecule has 1 heterocycles. The van der Waals surface area contributed by atoms with Crippen molar-refractivity contribution in [3.8, 4) is 5.75 Å². The molecule has 1 aliphatic heterocycles. The van der Waals surface area contributed by atoms with E-state index in [-0.39, 0.29) is 12.1 Å². The minimum Gasteiger partial charge on any atom is -0.485 e. The lowest BCUT2D eigenvalue weighted by Gasteiger charge is -2.31. The number of benzene rings is 2. The molecule has 0 saturated heterocycles. The second-order valence-electron chi connectivity index (χ2n) is 5.04. The first kappa shape index (κ1) is 12.7. The third kappa shape index (κ3) is 2.53. The van der Waals surface area contributed by atoms with Gasteiger partial charge in [0.2, 0.25) is 0 Å². The van der Waals surface area contributed by atoms with Gasteiger partial charge in [0.25, 0.3) is 0 Å². The van der Waals surface area contributed by atoms with E-state index in [1.165, 1.54) is 5.56 Å². The van der Waals surface area contributed by atoms with Crippen LogP contribution in [-0.2, 0) is 0 Å². The zero-order chi connectivity index (χ0) is 13.4. The van der Waals surface area contributed by atoms with Gasteiger partial charge in [-0.05, 0) is 30.7 Å². The Hall–Kier alpha value is -1.32. The highest BCUT2D eigenvalue weighted by Gasteiger charge is 2.27. The van der Waals surface area contributed by atoms with Crippen LogP contribution in [-0.4, -0.2) is 0 Å². The first-order chi connectivity index (χ1) is 9.13. The molecule has 0 aromatic heterocycles. The first-order valence-electron chi connectivity index (χ1n) is 6.42. The van der Waals surface area contributed by atoms with Gasteiger partial charge in [-0.3, -0.25) is 0 Å². The van der Waals surface area contributed by atoms with Crippen molar-refractivity contribution in [1.82, 2.24) is 0 Å². The molecule has 1 aliphatic rings. The number of ether oxygens (including phenoxy) is 1. The van der Waals surface area contributed by atoms with Gasteiger partial charge in [-0.25, -0.2) is 0 Å². The van der Waals surface area contributed by atoms with Gasteiger partial charge in [-0.2, -0.15) is 0 Å². The number of hydrogen-bond donors (Lipinski definition) is 1.